The van der Waals surface area contributed by atoms with Crippen LogP contribution in [0.25, 0.3) is 0 Å². The number of carbonyl (C=O) groups is 1. The molecular formula is C28H57NO7P+. The van der Waals surface area contributed by atoms with Crippen LogP contribution in [-0.4, -0.2) is 75.6 Å². The molecule has 8 nitrogen and oxygen atoms in total. The zero-order chi connectivity index (χ0) is 27.8. The maximum atomic E-state index is 12.1. The van der Waals surface area contributed by atoms with Gasteiger partial charge in [0.25, 0.3) is 0 Å². The van der Waals surface area contributed by atoms with Gasteiger partial charge >= 0.3 is 13.8 Å². The number of esters is 1. The Labute approximate surface area is 227 Å². The Morgan fingerprint density at radius 3 is 1.89 bits per heavy atom. The second-order valence-electron chi connectivity index (χ2n) is 10.8. The smallest absolute Gasteiger partial charge is 0.463 e. The Balaban J connectivity index is 3.90. The quantitative estimate of drug-likeness (QED) is 0.0416. The summed E-state index contributed by atoms with van der Waals surface area (Å²) in [5.74, 6) is -0.435. The van der Waals surface area contributed by atoms with Crippen LogP contribution >= 0.6 is 7.82 Å². The third kappa shape index (κ3) is 28.1. The molecule has 0 rings (SSSR count). The lowest BCUT2D eigenvalue weighted by molar-refractivity contribution is -0.870. The predicted octanol–water partition coefficient (Wildman–Crippen LogP) is 6.81. The average Bonchev–Trinajstić information content (AvgIpc) is 2.81. The van der Waals surface area contributed by atoms with Crippen molar-refractivity contribution in [2.24, 2.45) is 0 Å². The fourth-order valence-corrected chi connectivity index (χ4v) is 4.34. The predicted molar refractivity (Wildman–Crippen MR) is 150 cm³/mol. The van der Waals surface area contributed by atoms with E-state index in [2.05, 4.69) is 19.1 Å². The van der Waals surface area contributed by atoms with E-state index in [9.17, 15) is 14.3 Å². The zero-order valence-electron chi connectivity index (χ0n) is 24.5. The van der Waals surface area contributed by atoms with Gasteiger partial charge in [-0.2, -0.15) is 0 Å². The number of nitrogens with zero attached hydrogens (tertiary/aromatic N) is 1. The summed E-state index contributed by atoms with van der Waals surface area (Å²) in [5, 5.41) is 0. The normalized spacial score (nSPS) is 14.6. The number of hydrogen-bond acceptors (Lipinski definition) is 6. The van der Waals surface area contributed by atoms with E-state index in [-0.39, 0.29) is 19.8 Å². The van der Waals surface area contributed by atoms with Crippen molar-refractivity contribution in [3.8, 4) is 0 Å². The van der Waals surface area contributed by atoms with Gasteiger partial charge in [-0.1, -0.05) is 76.9 Å². The summed E-state index contributed by atoms with van der Waals surface area (Å²) >= 11 is 0. The molecule has 0 saturated carbocycles. The van der Waals surface area contributed by atoms with E-state index in [4.69, 9.17) is 18.5 Å². The number of hydrogen-bond donors (Lipinski definition) is 1. The number of quaternary nitrogens is 1. The van der Waals surface area contributed by atoms with Crippen LogP contribution in [0.2, 0.25) is 0 Å². The van der Waals surface area contributed by atoms with Gasteiger partial charge in [0.15, 0.2) is 0 Å². The van der Waals surface area contributed by atoms with Crippen LogP contribution < -0.4 is 0 Å². The van der Waals surface area contributed by atoms with Gasteiger partial charge in [0.1, 0.15) is 25.9 Å². The first-order valence-corrected chi connectivity index (χ1v) is 15.9. The number of phosphoric ester groups is 1. The summed E-state index contributed by atoms with van der Waals surface area (Å²) in [6, 6.07) is 0. The SMILES string of the molecule is CCCCCCCCCC/C=C\CCCCCCO[C@H](COC(C)=O)COP(=O)(O)OCC[N+](C)(C)C. The van der Waals surface area contributed by atoms with Crippen LogP contribution in [0.3, 0.4) is 0 Å². The van der Waals surface area contributed by atoms with E-state index in [1.54, 1.807) is 0 Å². The largest absolute Gasteiger partial charge is 0.472 e. The second-order valence-corrected chi connectivity index (χ2v) is 12.3. The molecule has 0 aliphatic rings. The summed E-state index contributed by atoms with van der Waals surface area (Å²) in [5.41, 5.74) is 0. The summed E-state index contributed by atoms with van der Waals surface area (Å²) in [6.45, 7) is 4.49. The molecule has 0 radical (unpaired) electrons. The first-order chi connectivity index (χ1) is 17.6. The van der Waals surface area contributed by atoms with Crippen molar-refractivity contribution in [1.29, 1.82) is 0 Å². The minimum absolute atomic E-state index is 0.0299. The van der Waals surface area contributed by atoms with Crippen molar-refractivity contribution >= 4 is 13.8 Å². The van der Waals surface area contributed by atoms with Gasteiger partial charge in [0.05, 0.1) is 27.7 Å². The number of rotatable bonds is 26. The van der Waals surface area contributed by atoms with Crippen LogP contribution in [0.15, 0.2) is 12.2 Å². The molecule has 0 aromatic rings. The highest BCUT2D eigenvalue weighted by Crippen LogP contribution is 2.43. The van der Waals surface area contributed by atoms with Crippen LogP contribution in [-0.2, 0) is 27.9 Å². The molecular weight excluding hydrogens is 493 g/mol. The number of ether oxygens (including phenoxy) is 2. The zero-order valence-corrected chi connectivity index (χ0v) is 25.4. The minimum atomic E-state index is -4.19. The van der Waals surface area contributed by atoms with E-state index in [1.807, 2.05) is 21.1 Å². The third-order valence-electron chi connectivity index (χ3n) is 5.92. The van der Waals surface area contributed by atoms with Crippen LogP contribution in [0.4, 0.5) is 0 Å². The molecule has 0 aromatic heterocycles. The highest BCUT2D eigenvalue weighted by Gasteiger charge is 2.25. The second kappa shape index (κ2) is 23.2. The van der Waals surface area contributed by atoms with Crippen molar-refractivity contribution in [3.05, 3.63) is 12.2 Å². The van der Waals surface area contributed by atoms with Crippen molar-refractivity contribution in [2.75, 3.05) is 54.1 Å². The molecule has 0 amide bonds. The molecule has 0 saturated heterocycles. The van der Waals surface area contributed by atoms with Crippen molar-refractivity contribution < 1.29 is 37.3 Å². The molecule has 0 aliphatic heterocycles. The fourth-order valence-electron chi connectivity index (χ4n) is 3.60. The molecule has 9 heteroatoms. The number of likely N-dealkylation sites (N-methyl/N-ethyl adjacent to an activating group) is 1. The third-order valence-corrected chi connectivity index (χ3v) is 6.91. The van der Waals surface area contributed by atoms with Crippen molar-refractivity contribution in [3.63, 3.8) is 0 Å². The van der Waals surface area contributed by atoms with Gasteiger partial charge in [-0.3, -0.25) is 13.8 Å². The van der Waals surface area contributed by atoms with Crippen molar-refractivity contribution in [1.82, 2.24) is 0 Å². The first kappa shape index (κ1) is 36.2. The van der Waals surface area contributed by atoms with Crippen LogP contribution in [0.5, 0.6) is 0 Å². The van der Waals surface area contributed by atoms with E-state index in [0.717, 1.165) is 32.1 Å². The van der Waals surface area contributed by atoms with Crippen LogP contribution in [0.1, 0.15) is 104 Å². The molecule has 0 aromatic carbocycles. The topological polar surface area (TPSA) is 91.3 Å². The molecule has 37 heavy (non-hydrogen) atoms. The van der Waals surface area contributed by atoms with Crippen LogP contribution in [0, 0.1) is 0 Å². The van der Waals surface area contributed by atoms with E-state index in [0.29, 0.717) is 17.6 Å². The Morgan fingerprint density at radius 1 is 0.811 bits per heavy atom. The van der Waals surface area contributed by atoms with Gasteiger partial charge in [0.2, 0.25) is 0 Å². The van der Waals surface area contributed by atoms with E-state index in [1.165, 1.54) is 64.7 Å². The summed E-state index contributed by atoms with van der Waals surface area (Å²) < 4.78 is 33.6. The van der Waals surface area contributed by atoms with Gasteiger partial charge in [-0.25, -0.2) is 4.57 Å². The molecule has 1 N–H and O–H groups in total. The molecule has 220 valence electrons. The monoisotopic (exact) mass is 550 g/mol. The lowest BCUT2D eigenvalue weighted by Gasteiger charge is -2.24. The Morgan fingerprint density at radius 2 is 1.35 bits per heavy atom. The molecule has 1 unspecified atom stereocenters. The Hall–Kier alpha value is -0.760. The summed E-state index contributed by atoms with van der Waals surface area (Å²) in [6.07, 6.45) is 21.4. The average molecular weight is 551 g/mol. The fraction of sp³-hybridized carbons (Fsp3) is 0.893. The summed E-state index contributed by atoms with van der Waals surface area (Å²) in [4.78, 5) is 21.1. The van der Waals surface area contributed by atoms with Gasteiger partial charge < -0.3 is 18.9 Å². The van der Waals surface area contributed by atoms with Gasteiger partial charge in [-0.05, 0) is 32.1 Å². The molecule has 0 fully saturated rings. The number of allylic oxidation sites excluding steroid dienone is 2. The first-order valence-electron chi connectivity index (χ1n) is 14.4. The lowest BCUT2D eigenvalue weighted by Crippen LogP contribution is -2.37. The van der Waals surface area contributed by atoms with Crippen molar-refractivity contribution in [2.45, 2.75) is 110 Å². The molecule has 0 heterocycles. The van der Waals surface area contributed by atoms with Gasteiger partial charge in [-0.15, -0.1) is 0 Å². The maximum absolute atomic E-state index is 12.1. The Kier molecular flexibility index (Phi) is 22.7. The molecule has 0 spiro atoms. The molecule has 2 atom stereocenters. The highest BCUT2D eigenvalue weighted by molar-refractivity contribution is 7.47. The standard InChI is InChI=1S/C28H56NO7P/c1-6-7-8-9-10-11-12-13-14-15-16-17-18-19-20-21-23-33-28(25-34-27(2)30)26-36-37(31,32)35-24-22-29(3,4)5/h15-16,28H,6-14,17-26H2,1-5H3/p+1/b16-15-/t28-/m1/s1. The number of phosphoric acid groups is 1. The maximum Gasteiger partial charge on any atom is 0.472 e. The molecule has 0 aliphatic carbocycles. The number of carbonyl (C=O) groups excluding carboxylic acids is 1. The summed E-state index contributed by atoms with van der Waals surface area (Å²) in [7, 11) is 1.70. The molecule has 0 bridgehead atoms. The highest BCUT2D eigenvalue weighted by atomic mass is 31.2. The number of unbranched alkanes of at least 4 members (excludes halogenated alkanes) is 12. The Bertz CT molecular complexity index is 622. The van der Waals surface area contributed by atoms with Gasteiger partial charge in [0, 0.05) is 13.5 Å². The lowest BCUT2D eigenvalue weighted by atomic mass is 10.1. The van der Waals surface area contributed by atoms with E-state index < -0.39 is 19.9 Å². The minimum Gasteiger partial charge on any atom is -0.463 e. The van der Waals surface area contributed by atoms with E-state index >= 15 is 0 Å².